The second-order valence-electron chi connectivity index (χ2n) is 6.57. The van der Waals surface area contributed by atoms with Crippen molar-refractivity contribution < 1.29 is 14.2 Å². The van der Waals surface area contributed by atoms with E-state index in [1.54, 1.807) is 5.92 Å². The van der Waals surface area contributed by atoms with Crippen molar-refractivity contribution in [2.45, 2.75) is 63.3 Å². The van der Waals surface area contributed by atoms with Crippen LogP contribution in [0.2, 0.25) is 0 Å². The molecule has 18 heavy (non-hydrogen) atoms. The maximum Gasteiger partial charge on any atom is 0.0815 e. The van der Waals surface area contributed by atoms with Gasteiger partial charge in [-0.05, 0) is 43.4 Å². The summed E-state index contributed by atoms with van der Waals surface area (Å²) >= 11 is 0. The zero-order chi connectivity index (χ0) is 12.0. The van der Waals surface area contributed by atoms with Gasteiger partial charge in [-0.2, -0.15) is 0 Å². The van der Waals surface area contributed by atoms with E-state index in [9.17, 15) is 0 Å². The molecule has 3 heterocycles. The molecule has 1 radical (unpaired) electrons. The molecule has 0 aromatic carbocycles. The minimum atomic E-state index is 0.423. The molecule has 0 N–H and O–H groups in total. The van der Waals surface area contributed by atoms with Crippen LogP contribution >= 0.6 is 0 Å². The lowest BCUT2D eigenvalue weighted by atomic mass is 9.60. The maximum atomic E-state index is 5.52. The number of ether oxygens (including phenoxy) is 3. The third kappa shape index (κ3) is 2.59. The van der Waals surface area contributed by atoms with E-state index < -0.39 is 0 Å². The van der Waals surface area contributed by atoms with Gasteiger partial charge in [-0.1, -0.05) is 12.8 Å². The molecule has 1 aliphatic carbocycles. The van der Waals surface area contributed by atoms with Crippen molar-refractivity contribution in [2.24, 2.45) is 5.41 Å². The molecule has 4 fully saturated rings. The normalized spacial score (nSPS) is 47.0. The summed E-state index contributed by atoms with van der Waals surface area (Å²) in [6, 6.07) is 0. The Kier molecular flexibility index (Phi) is 2.90. The van der Waals surface area contributed by atoms with Gasteiger partial charge in [0, 0.05) is 0 Å². The zero-order valence-electron chi connectivity index (χ0n) is 11.0. The molecule has 0 spiro atoms. The second-order valence-corrected chi connectivity index (χ2v) is 6.57. The van der Waals surface area contributed by atoms with Crippen LogP contribution in [0.5, 0.6) is 0 Å². The van der Waals surface area contributed by atoms with E-state index in [1.807, 2.05) is 0 Å². The summed E-state index contributed by atoms with van der Waals surface area (Å²) in [4.78, 5) is 0. The Morgan fingerprint density at radius 1 is 0.889 bits per heavy atom. The highest BCUT2D eigenvalue weighted by atomic mass is 16.6. The minimum Gasteiger partial charge on any atom is -0.373 e. The first-order valence-corrected chi connectivity index (χ1v) is 7.54. The van der Waals surface area contributed by atoms with E-state index in [2.05, 4.69) is 0 Å². The molecule has 3 nitrogen and oxygen atoms in total. The lowest BCUT2D eigenvalue weighted by molar-refractivity contribution is 0.141. The van der Waals surface area contributed by atoms with Crippen LogP contribution in [-0.2, 0) is 14.2 Å². The highest BCUT2D eigenvalue weighted by Gasteiger charge is 2.49. The summed E-state index contributed by atoms with van der Waals surface area (Å²) in [5.41, 5.74) is 0.423. The Balaban J connectivity index is 1.50. The molecule has 3 heteroatoms. The predicted octanol–water partition coefficient (Wildman–Crippen LogP) is 2.49. The fourth-order valence-corrected chi connectivity index (χ4v) is 3.84. The molecule has 0 aromatic heterocycles. The molecule has 3 unspecified atom stereocenters. The monoisotopic (exact) mass is 251 g/mol. The molecule has 3 atom stereocenters. The molecule has 1 saturated carbocycles. The predicted molar refractivity (Wildman–Crippen MR) is 67.2 cm³/mol. The quantitative estimate of drug-likeness (QED) is 0.681. The molecular weight excluding hydrogens is 228 g/mol. The topological polar surface area (TPSA) is 37.6 Å². The maximum absolute atomic E-state index is 5.52. The largest absolute Gasteiger partial charge is 0.373 e. The van der Waals surface area contributed by atoms with Gasteiger partial charge in [-0.3, -0.25) is 0 Å². The lowest BCUT2D eigenvalue weighted by Gasteiger charge is -2.44. The number of hydrogen-bond donors (Lipinski definition) is 0. The highest BCUT2D eigenvalue weighted by Crippen LogP contribution is 2.54. The summed E-state index contributed by atoms with van der Waals surface area (Å²) < 4.78 is 16.5. The third-order valence-corrected chi connectivity index (χ3v) is 5.05. The average Bonchev–Trinajstić information content (AvgIpc) is 3.20. The van der Waals surface area contributed by atoms with Crippen molar-refractivity contribution in [3.63, 3.8) is 0 Å². The Hall–Kier alpha value is -0.120. The van der Waals surface area contributed by atoms with Crippen LogP contribution in [0.15, 0.2) is 0 Å². The molecule has 4 aliphatic rings. The van der Waals surface area contributed by atoms with Crippen LogP contribution in [0.1, 0.15) is 44.9 Å². The Labute approximate surface area is 109 Å². The van der Waals surface area contributed by atoms with Crippen molar-refractivity contribution in [2.75, 3.05) is 19.8 Å². The first-order chi connectivity index (χ1) is 8.84. The van der Waals surface area contributed by atoms with Crippen LogP contribution in [0.3, 0.4) is 0 Å². The van der Waals surface area contributed by atoms with E-state index in [0.717, 1.165) is 19.8 Å². The molecule has 4 rings (SSSR count). The fraction of sp³-hybridized carbons (Fsp3) is 0.933. The summed E-state index contributed by atoms with van der Waals surface area (Å²) in [6.45, 7) is 2.96. The van der Waals surface area contributed by atoms with Gasteiger partial charge in [0.05, 0.1) is 38.1 Å². The van der Waals surface area contributed by atoms with Gasteiger partial charge < -0.3 is 14.2 Å². The van der Waals surface area contributed by atoms with Gasteiger partial charge in [-0.25, -0.2) is 0 Å². The van der Waals surface area contributed by atoms with Crippen molar-refractivity contribution in [1.29, 1.82) is 0 Å². The summed E-state index contributed by atoms with van der Waals surface area (Å²) in [5, 5.41) is 0. The molecule has 3 saturated heterocycles. The SMILES string of the molecule is C1CCC(CC2CO2)(CC2CO2)[C](CC2CO2)C1. The molecule has 3 aliphatic heterocycles. The Bertz CT molecular complexity index is 291. The van der Waals surface area contributed by atoms with Crippen molar-refractivity contribution in [3.05, 3.63) is 5.92 Å². The number of epoxide rings is 3. The highest BCUT2D eigenvalue weighted by molar-refractivity contribution is 5.14. The second kappa shape index (κ2) is 4.46. The lowest BCUT2D eigenvalue weighted by Crippen LogP contribution is -2.36. The van der Waals surface area contributed by atoms with Gasteiger partial charge in [-0.15, -0.1) is 0 Å². The Morgan fingerprint density at radius 3 is 2.06 bits per heavy atom. The zero-order valence-corrected chi connectivity index (χ0v) is 11.0. The van der Waals surface area contributed by atoms with E-state index in [4.69, 9.17) is 14.2 Å². The number of hydrogen-bond acceptors (Lipinski definition) is 3. The first kappa shape index (κ1) is 11.7. The summed E-state index contributed by atoms with van der Waals surface area (Å²) in [5.74, 6) is 1.78. The number of rotatable bonds is 6. The molecule has 0 bridgehead atoms. The van der Waals surface area contributed by atoms with E-state index in [-0.39, 0.29) is 0 Å². The Morgan fingerprint density at radius 2 is 1.50 bits per heavy atom. The van der Waals surface area contributed by atoms with Gasteiger partial charge in [0.1, 0.15) is 0 Å². The van der Waals surface area contributed by atoms with Crippen LogP contribution < -0.4 is 0 Å². The smallest absolute Gasteiger partial charge is 0.0815 e. The van der Waals surface area contributed by atoms with Crippen LogP contribution in [0, 0.1) is 11.3 Å². The minimum absolute atomic E-state index is 0.423. The van der Waals surface area contributed by atoms with E-state index in [0.29, 0.717) is 23.7 Å². The summed E-state index contributed by atoms with van der Waals surface area (Å²) in [6.07, 6.45) is 10.7. The van der Waals surface area contributed by atoms with Crippen molar-refractivity contribution in [1.82, 2.24) is 0 Å². The summed E-state index contributed by atoms with van der Waals surface area (Å²) in [7, 11) is 0. The fourth-order valence-electron chi connectivity index (χ4n) is 3.84. The van der Waals surface area contributed by atoms with Crippen LogP contribution in [0.4, 0.5) is 0 Å². The van der Waals surface area contributed by atoms with Crippen LogP contribution in [-0.4, -0.2) is 38.1 Å². The van der Waals surface area contributed by atoms with E-state index in [1.165, 1.54) is 44.9 Å². The van der Waals surface area contributed by atoms with Gasteiger partial charge in [0.15, 0.2) is 0 Å². The average molecular weight is 251 g/mol. The standard InChI is InChI=1S/C15H23O3/c1-2-4-15(6-13-9-17-13,7-14-10-18-14)11(3-1)5-12-8-16-12/h12-14H,1-10H2. The van der Waals surface area contributed by atoms with Crippen molar-refractivity contribution in [3.8, 4) is 0 Å². The molecular formula is C15H23O3. The molecule has 0 aromatic rings. The molecule has 101 valence electrons. The van der Waals surface area contributed by atoms with Gasteiger partial charge in [0.2, 0.25) is 0 Å². The van der Waals surface area contributed by atoms with Crippen LogP contribution in [0.25, 0.3) is 0 Å². The first-order valence-electron chi connectivity index (χ1n) is 7.54. The van der Waals surface area contributed by atoms with Gasteiger partial charge >= 0.3 is 0 Å². The van der Waals surface area contributed by atoms with Crippen molar-refractivity contribution >= 4 is 0 Å². The van der Waals surface area contributed by atoms with Gasteiger partial charge in [0.25, 0.3) is 0 Å². The van der Waals surface area contributed by atoms with E-state index >= 15 is 0 Å². The molecule has 0 amide bonds. The third-order valence-electron chi connectivity index (χ3n) is 5.05.